The number of ether oxygens (including phenoxy) is 1. The summed E-state index contributed by atoms with van der Waals surface area (Å²) >= 11 is 0. The van der Waals surface area contributed by atoms with Crippen LogP contribution in [0.1, 0.15) is 43.6 Å². The summed E-state index contributed by atoms with van der Waals surface area (Å²) in [6.07, 6.45) is 1.27. The van der Waals surface area contributed by atoms with Gasteiger partial charge in [-0.2, -0.15) is 5.10 Å². The van der Waals surface area contributed by atoms with Gasteiger partial charge in [0.15, 0.2) is 5.69 Å². The highest BCUT2D eigenvalue weighted by molar-refractivity contribution is 6.04. The number of rotatable bonds is 9. The van der Waals surface area contributed by atoms with Gasteiger partial charge in [0, 0.05) is 18.5 Å². The van der Waals surface area contributed by atoms with Crippen LogP contribution in [0, 0.1) is 5.41 Å². The maximum atomic E-state index is 12.5. The number of nitrogens with one attached hydrogen (secondary N) is 1. The Kier molecular flexibility index (Phi) is 6.71. The second-order valence-corrected chi connectivity index (χ2v) is 7.09. The fourth-order valence-corrected chi connectivity index (χ4v) is 2.85. The molecule has 0 aliphatic carbocycles. The van der Waals surface area contributed by atoms with Crippen molar-refractivity contribution in [2.45, 2.75) is 39.7 Å². The van der Waals surface area contributed by atoms with Crippen molar-refractivity contribution in [3.63, 3.8) is 0 Å². The normalized spacial score (nSPS) is 11.5. The number of benzene rings is 1. The molecule has 7 heteroatoms. The molecule has 2 rings (SSSR count). The van der Waals surface area contributed by atoms with E-state index in [1.54, 1.807) is 4.68 Å². The number of halogens is 1. The van der Waals surface area contributed by atoms with Crippen molar-refractivity contribution in [3.8, 4) is 0 Å². The lowest BCUT2D eigenvalue weighted by Gasteiger charge is -2.23. The number of amides is 1. The van der Waals surface area contributed by atoms with Gasteiger partial charge in [0.1, 0.15) is 0 Å². The molecule has 0 saturated heterocycles. The van der Waals surface area contributed by atoms with E-state index >= 15 is 0 Å². The number of fused-ring (bicyclic) bond motifs is 1. The maximum Gasteiger partial charge on any atom is 0.306 e. The van der Waals surface area contributed by atoms with Crippen molar-refractivity contribution in [3.05, 3.63) is 30.0 Å². The first-order chi connectivity index (χ1) is 12.4. The molecule has 0 spiro atoms. The van der Waals surface area contributed by atoms with Crippen LogP contribution in [-0.2, 0) is 16.1 Å². The third-order valence-corrected chi connectivity index (χ3v) is 4.15. The molecule has 0 unspecified atom stereocenters. The van der Waals surface area contributed by atoms with Crippen LogP contribution in [-0.4, -0.2) is 42.0 Å². The Morgan fingerprint density at radius 3 is 2.69 bits per heavy atom. The Morgan fingerprint density at radius 2 is 2.00 bits per heavy atom. The summed E-state index contributed by atoms with van der Waals surface area (Å²) in [6.45, 7) is 4.41. The van der Waals surface area contributed by atoms with Gasteiger partial charge in [-0.25, -0.2) is 0 Å². The van der Waals surface area contributed by atoms with Gasteiger partial charge in [0.2, 0.25) is 0 Å². The number of para-hydroxylation sites is 1. The summed E-state index contributed by atoms with van der Waals surface area (Å²) in [5, 5.41) is 8.03. The number of hydrogen-bond acceptors (Lipinski definition) is 4. The van der Waals surface area contributed by atoms with Crippen LogP contribution in [0.2, 0.25) is 0 Å². The number of carbonyl (C=O) groups is 2. The van der Waals surface area contributed by atoms with Crippen molar-refractivity contribution in [1.82, 2.24) is 15.1 Å². The lowest BCUT2D eigenvalue weighted by Crippen LogP contribution is -2.27. The molecular formula is C19H26FN3O3. The fraction of sp³-hybridized carbons (Fsp3) is 0.526. The quantitative estimate of drug-likeness (QED) is 0.549. The van der Waals surface area contributed by atoms with E-state index in [1.807, 2.05) is 38.1 Å². The highest BCUT2D eigenvalue weighted by atomic mass is 19.1. The van der Waals surface area contributed by atoms with E-state index < -0.39 is 0 Å². The molecule has 1 aromatic carbocycles. The Morgan fingerprint density at radius 1 is 1.27 bits per heavy atom. The van der Waals surface area contributed by atoms with E-state index in [4.69, 9.17) is 4.74 Å². The van der Waals surface area contributed by atoms with E-state index in [2.05, 4.69) is 10.4 Å². The first kappa shape index (κ1) is 19.9. The topological polar surface area (TPSA) is 73.2 Å². The molecular weight excluding hydrogens is 337 g/mol. The standard InChI is InChI=1S/C19H26FN3O3/c1-19(2,12-16(24)26-3)13-23-15-9-5-4-8-14(15)17(22-23)18(25)21-11-7-6-10-20/h4-5,8-9H,6-7,10-13H2,1-3H3,(H,21,25). The zero-order valence-corrected chi connectivity index (χ0v) is 15.5. The van der Waals surface area contributed by atoms with Crippen molar-refractivity contribution in [2.75, 3.05) is 20.3 Å². The summed E-state index contributed by atoms with van der Waals surface area (Å²) in [5.41, 5.74) is 0.797. The summed E-state index contributed by atoms with van der Waals surface area (Å²) in [4.78, 5) is 24.1. The van der Waals surface area contributed by atoms with Crippen LogP contribution in [0.15, 0.2) is 24.3 Å². The number of aromatic nitrogens is 2. The van der Waals surface area contributed by atoms with Gasteiger partial charge in [0.25, 0.3) is 5.91 Å². The number of esters is 1. The molecule has 2 aromatic rings. The number of carbonyl (C=O) groups excluding carboxylic acids is 2. The van der Waals surface area contributed by atoms with E-state index in [1.165, 1.54) is 7.11 Å². The largest absolute Gasteiger partial charge is 0.469 e. The minimum absolute atomic E-state index is 0.252. The molecule has 0 aliphatic rings. The molecule has 0 saturated carbocycles. The molecule has 0 radical (unpaired) electrons. The van der Waals surface area contributed by atoms with Gasteiger partial charge in [-0.1, -0.05) is 32.0 Å². The molecule has 0 aliphatic heterocycles. The fourth-order valence-electron chi connectivity index (χ4n) is 2.85. The Bertz CT molecular complexity index is 770. The van der Waals surface area contributed by atoms with Crippen LogP contribution < -0.4 is 5.32 Å². The molecule has 1 amide bonds. The van der Waals surface area contributed by atoms with Crippen molar-refractivity contribution < 1.29 is 18.7 Å². The summed E-state index contributed by atoms with van der Waals surface area (Å²) in [7, 11) is 1.37. The van der Waals surface area contributed by atoms with Gasteiger partial charge >= 0.3 is 5.97 Å². The predicted octanol–water partition coefficient (Wildman–Crippen LogP) is 3.11. The van der Waals surface area contributed by atoms with Crippen LogP contribution >= 0.6 is 0 Å². The maximum absolute atomic E-state index is 12.5. The monoisotopic (exact) mass is 363 g/mol. The second kappa shape index (κ2) is 8.78. The Hall–Kier alpha value is -2.44. The first-order valence-corrected chi connectivity index (χ1v) is 8.74. The molecule has 1 N–H and O–H groups in total. The minimum Gasteiger partial charge on any atom is -0.469 e. The first-order valence-electron chi connectivity index (χ1n) is 8.74. The van der Waals surface area contributed by atoms with Crippen LogP contribution in [0.3, 0.4) is 0 Å². The lowest BCUT2D eigenvalue weighted by atomic mass is 9.89. The SMILES string of the molecule is COC(=O)CC(C)(C)Cn1nc(C(=O)NCCCCF)c2ccccc21. The minimum atomic E-state index is -0.386. The Labute approximate surface area is 152 Å². The summed E-state index contributed by atoms with van der Waals surface area (Å²) in [6, 6.07) is 7.49. The molecule has 26 heavy (non-hydrogen) atoms. The lowest BCUT2D eigenvalue weighted by molar-refractivity contribution is -0.143. The third-order valence-electron chi connectivity index (χ3n) is 4.15. The number of methoxy groups -OCH3 is 1. The van der Waals surface area contributed by atoms with E-state index in [9.17, 15) is 14.0 Å². The highest BCUT2D eigenvalue weighted by Crippen LogP contribution is 2.27. The number of nitrogens with zero attached hydrogens (tertiary/aromatic N) is 2. The summed E-state index contributed by atoms with van der Waals surface area (Å²) in [5.74, 6) is -0.554. The number of alkyl halides is 1. The van der Waals surface area contributed by atoms with Gasteiger partial charge in [-0.15, -0.1) is 0 Å². The molecule has 142 valence electrons. The van der Waals surface area contributed by atoms with Crippen LogP contribution in [0.25, 0.3) is 10.9 Å². The van der Waals surface area contributed by atoms with E-state index in [0.29, 0.717) is 31.6 Å². The number of hydrogen-bond donors (Lipinski definition) is 1. The summed E-state index contributed by atoms with van der Waals surface area (Å²) < 4.78 is 18.7. The van der Waals surface area contributed by atoms with E-state index in [-0.39, 0.29) is 30.4 Å². The predicted molar refractivity (Wildman–Crippen MR) is 97.7 cm³/mol. The van der Waals surface area contributed by atoms with Gasteiger partial charge in [0.05, 0.1) is 25.7 Å². The van der Waals surface area contributed by atoms with Crippen molar-refractivity contribution >= 4 is 22.8 Å². The van der Waals surface area contributed by atoms with Gasteiger partial charge in [-0.3, -0.25) is 18.7 Å². The molecule has 0 bridgehead atoms. The van der Waals surface area contributed by atoms with Crippen LogP contribution in [0.4, 0.5) is 4.39 Å². The highest BCUT2D eigenvalue weighted by Gasteiger charge is 2.26. The smallest absolute Gasteiger partial charge is 0.306 e. The molecule has 1 heterocycles. The molecule has 1 aromatic heterocycles. The van der Waals surface area contributed by atoms with E-state index in [0.717, 1.165) is 10.9 Å². The molecule has 0 atom stereocenters. The Balaban J connectivity index is 2.23. The molecule has 0 fully saturated rings. The average Bonchev–Trinajstić information content (AvgIpc) is 2.96. The average molecular weight is 363 g/mol. The van der Waals surface area contributed by atoms with Crippen molar-refractivity contribution in [1.29, 1.82) is 0 Å². The van der Waals surface area contributed by atoms with Gasteiger partial charge in [-0.05, 0) is 24.3 Å². The second-order valence-electron chi connectivity index (χ2n) is 7.09. The third kappa shape index (κ3) is 5.03. The zero-order chi connectivity index (χ0) is 19.2. The van der Waals surface area contributed by atoms with Gasteiger partial charge < -0.3 is 10.1 Å². The van der Waals surface area contributed by atoms with Crippen LogP contribution in [0.5, 0.6) is 0 Å². The molecule has 6 nitrogen and oxygen atoms in total. The number of unbranched alkanes of at least 4 members (excludes halogenated alkanes) is 1. The van der Waals surface area contributed by atoms with Crippen molar-refractivity contribution in [2.24, 2.45) is 5.41 Å². The zero-order valence-electron chi connectivity index (χ0n) is 15.5.